The van der Waals surface area contributed by atoms with Gasteiger partial charge in [0.1, 0.15) is 0 Å². The second kappa shape index (κ2) is 6.70. The van der Waals surface area contributed by atoms with Crippen molar-refractivity contribution in [3.8, 4) is 0 Å². The molecule has 1 heterocycles. The molecular formula is C11H23NOS. The molecule has 0 aliphatic carbocycles. The zero-order valence-corrected chi connectivity index (χ0v) is 10.3. The first kappa shape index (κ1) is 12.3. The lowest BCUT2D eigenvalue weighted by Gasteiger charge is -2.17. The van der Waals surface area contributed by atoms with Gasteiger partial charge in [0.15, 0.2) is 0 Å². The first-order valence-electron chi connectivity index (χ1n) is 5.65. The molecule has 0 spiro atoms. The van der Waals surface area contributed by atoms with Gasteiger partial charge in [0.2, 0.25) is 0 Å². The summed E-state index contributed by atoms with van der Waals surface area (Å²) in [7, 11) is 0. The highest BCUT2D eigenvalue weighted by Gasteiger charge is 2.23. The van der Waals surface area contributed by atoms with E-state index in [4.69, 9.17) is 4.74 Å². The van der Waals surface area contributed by atoms with Gasteiger partial charge in [0.05, 0.1) is 13.2 Å². The van der Waals surface area contributed by atoms with E-state index in [0.717, 1.165) is 37.3 Å². The molecule has 84 valence electrons. The van der Waals surface area contributed by atoms with Crippen LogP contribution in [0.25, 0.3) is 0 Å². The Morgan fingerprint density at radius 1 is 1.43 bits per heavy atom. The molecule has 1 saturated heterocycles. The second-order valence-electron chi connectivity index (χ2n) is 4.43. The van der Waals surface area contributed by atoms with Gasteiger partial charge in [0, 0.05) is 18.8 Å². The van der Waals surface area contributed by atoms with Crippen LogP contribution >= 0.6 is 12.6 Å². The predicted molar refractivity (Wildman–Crippen MR) is 64.1 cm³/mol. The quantitative estimate of drug-likeness (QED) is 0.539. The molecule has 1 atom stereocenters. The average Bonchev–Trinajstić information content (AvgIpc) is 2.61. The number of hydrogen-bond acceptors (Lipinski definition) is 3. The van der Waals surface area contributed by atoms with E-state index in [2.05, 4.69) is 31.4 Å². The van der Waals surface area contributed by atoms with Gasteiger partial charge >= 0.3 is 0 Å². The van der Waals surface area contributed by atoms with Crippen molar-refractivity contribution in [3.05, 3.63) is 0 Å². The van der Waals surface area contributed by atoms with E-state index < -0.39 is 0 Å². The van der Waals surface area contributed by atoms with E-state index in [1.54, 1.807) is 0 Å². The molecule has 3 heteroatoms. The lowest BCUT2D eigenvalue weighted by molar-refractivity contribution is 0.122. The summed E-state index contributed by atoms with van der Waals surface area (Å²) in [6.45, 7) is 9.92. The molecule has 1 rings (SSSR count). The number of rotatable bonds is 6. The van der Waals surface area contributed by atoms with Crippen LogP contribution in [0.1, 0.15) is 20.3 Å². The van der Waals surface area contributed by atoms with Gasteiger partial charge in [-0.15, -0.1) is 0 Å². The smallest absolute Gasteiger partial charge is 0.0593 e. The fraction of sp³-hybridized carbons (Fsp3) is 1.00. The van der Waals surface area contributed by atoms with Crippen LogP contribution in [0.3, 0.4) is 0 Å². The Kier molecular flexibility index (Phi) is 5.90. The molecule has 0 radical (unpaired) electrons. The summed E-state index contributed by atoms with van der Waals surface area (Å²) in [6, 6.07) is 0. The number of ether oxygens (including phenoxy) is 1. The lowest BCUT2D eigenvalue weighted by Crippen LogP contribution is -2.26. The Bertz CT molecular complexity index is 152. The summed E-state index contributed by atoms with van der Waals surface area (Å²) in [5.41, 5.74) is 0. The molecule has 0 aromatic rings. The van der Waals surface area contributed by atoms with E-state index in [9.17, 15) is 0 Å². The van der Waals surface area contributed by atoms with Crippen LogP contribution in [0.15, 0.2) is 0 Å². The third kappa shape index (κ3) is 4.20. The summed E-state index contributed by atoms with van der Waals surface area (Å²) in [4.78, 5) is 2.52. The Labute approximate surface area is 93.4 Å². The third-order valence-corrected chi connectivity index (χ3v) is 3.22. The van der Waals surface area contributed by atoms with Crippen LogP contribution in [-0.4, -0.2) is 43.5 Å². The number of nitrogens with zero attached hydrogens (tertiary/aromatic N) is 1. The van der Waals surface area contributed by atoms with Crippen LogP contribution in [0.5, 0.6) is 0 Å². The first-order valence-corrected chi connectivity index (χ1v) is 6.28. The summed E-state index contributed by atoms with van der Waals surface area (Å²) >= 11 is 4.11. The molecular weight excluding hydrogens is 194 g/mol. The zero-order chi connectivity index (χ0) is 10.4. The van der Waals surface area contributed by atoms with Crippen LogP contribution in [0.2, 0.25) is 0 Å². The van der Waals surface area contributed by atoms with E-state index in [1.165, 1.54) is 19.5 Å². The lowest BCUT2D eigenvalue weighted by atomic mass is 9.95. The van der Waals surface area contributed by atoms with Gasteiger partial charge in [-0.2, -0.15) is 12.6 Å². The maximum Gasteiger partial charge on any atom is 0.0593 e. The number of hydrogen-bond donors (Lipinski definition) is 1. The van der Waals surface area contributed by atoms with Gasteiger partial charge in [-0.3, -0.25) is 0 Å². The standard InChI is InChI=1S/C11H23NOS/c1-10(2)11-3-4-12(9-11)5-6-13-7-8-14/h10-11,14H,3-9H2,1-2H3. The number of thiol groups is 1. The molecule has 0 aromatic heterocycles. The highest BCUT2D eigenvalue weighted by Crippen LogP contribution is 2.22. The Hall–Kier alpha value is 0.270. The van der Waals surface area contributed by atoms with E-state index >= 15 is 0 Å². The highest BCUT2D eigenvalue weighted by molar-refractivity contribution is 7.80. The Morgan fingerprint density at radius 2 is 2.21 bits per heavy atom. The first-order chi connectivity index (χ1) is 6.74. The van der Waals surface area contributed by atoms with Crippen molar-refractivity contribution < 1.29 is 4.74 Å². The molecule has 1 aliphatic heterocycles. The van der Waals surface area contributed by atoms with E-state index in [-0.39, 0.29) is 0 Å². The van der Waals surface area contributed by atoms with Crippen molar-refractivity contribution in [2.24, 2.45) is 11.8 Å². The fourth-order valence-electron chi connectivity index (χ4n) is 1.97. The van der Waals surface area contributed by atoms with Gasteiger partial charge in [0.25, 0.3) is 0 Å². The maximum atomic E-state index is 5.42. The molecule has 1 aliphatic rings. The van der Waals surface area contributed by atoms with E-state index in [0.29, 0.717) is 0 Å². The maximum absolute atomic E-state index is 5.42. The monoisotopic (exact) mass is 217 g/mol. The molecule has 0 saturated carbocycles. The Balaban J connectivity index is 2.04. The second-order valence-corrected chi connectivity index (χ2v) is 4.88. The topological polar surface area (TPSA) is 12.5 Å². The molecule has 0 amide bonds. The van der Waals surface area contributed by atoms with Crippen molar-refractivity contribution >= 4 is 12.6 Å². The largest absolute Gasteiger partial charge is 0.379 e. The van der Waals surface area contributed by atoms with E-state index in [1.807, 2.05) is 0 Å². The van der Waals surface area contributed by atoms with Crippen LogP contribution in [-0.2, 0) is 4.74 Å². The van der Waals surface area contributed by atoms with Crippen molar-refractivity contribution in [1.82, 2.24) is 4.90 Å². The summed E-state index contributed by atoms with van der Waals surface area (Å²) in [5.74, 6) is 2.56. The Morgan fingerprint density at radius 3 is 2.79 bits per heavy atom. The van der Waals surface area contributed by atoms with Crippen LogP contribution in [0.4, 0.5) is 0 Å². The van der Waals surface area contributed by atoms with Crippen molar-refractivity contribution in [1.29, 1.82) is 0 Å². The molecule has 0 N–H and O–H groups in total. The SMILES string of the molecule is CC(C)C1CCN(CCOCCS)C1. The zero-order valence-electron chi connectivity index (χ0n) is 9.41. The molecule has 0 aromatic carbocycles. The van der Waals surface area contributed by atoms with Gasteiger partial charge < -0.3 is 9.64 Å². The molecule has 1 fully saturated rings. The minimum atomic E-state index is 0.782. The predicted octanol–water partition coefficient (Wildman–Crippen LogP) is 1.91. The van der Waals surface area contributed by atoms with Gasteiger partial charge in [-0.05, 0) is 24.8 Å². The summed E-state index contributed by atoms with van der Waals surface area (Å²) < 4.78 is 5.42. The van der Waals surface area contributed by atoms with Gasteiger partial charge in [-0.1, -0.05) is 13.8 Å². The minimum Gasteiger partial charge on any atom is -0.379 e. The summed E-state index contributed by atoms with van der Waals surface area (Å²) in [6.07, 6.45) is 1.37. The molecule has 2 nitrogen and oxygen atoms in total. The van der Waals surface area contributed by atoms with Gasteiger partial charge in [-0.25, -0.2) is 0 Å². The molecule has 0 bridgehead atoms. The van der Waals surface area contributed by atoms with Crippen molar-refractivity contribution in [2.75, 3.05) is 38.6 Å². The van der Waals surface area contributed by atoms with Crippen LogP contribution in [0, 0.1) is 11.8 Å². The third-order valence-electron chi connectivity index (χ3n) is 3.04. The fourth-order valence-corrected chi connectivity index (χ4v) is 2.10. The molecule has 14 heavy (non-hydrogen) atoms. The highest BCUT2D eigenvalue weighted by atomic mass is 32.1. The summed E-state index contributed by atoms with van der Waals surface area (Å²) in [5, 5.41) is 0. The average molecular weight is 217 g/mol. The normalized spacial score (nSPS) is 23.6. The molecule has 1 unspecified atom stereocenters. The van der Waals surface area contributed by atoms with Crippen molar-refractivity contribution in [3.63, 3.8) is 0 Å². The van der Waals surface area contributed by atoms with Crippen LogP contribution < -0.4 is 0 Å². The minimum absolute atomic E-state index is 0.782. The van der Waals surface area contributed by atoms with Crippen molar-refractivity contribution in [2.45, 2.75) is 20.3 Å². The number of likely N-dealkylation sites (tertiary alicyclic amines) is 1.